The van der Waals surface area contributed by atoms with Crippen LogP contribution in [0.3, 0.4) is 0 Å². The van der Waals surface area contributed by atoms with Crippen molar-refractivity contribution in [3.8, 4) is 0 Å². The third kappa shape index (κ3) is 2.48. The standard InChI is InChI=1S/C13H20N2O3S/c1-10-5-4-6-11(14)12(10)19(16,17)15-7-8-18-9-13(15,2)3/h4-6H,7-9,14H2,1-3H3. The van der Waals surface area contributed by atoms with Crippen molar-refractivity contribution in [2.45, 2.75) is 31.2 Å². The molecule has 1 fully saturated rings. The number of nitrogen functional groups attached to an aromatic ring is 1. The van der Waals surface area contributed by atoms with Gasteiger partial charge in [0.05, 0.1) is 24.4 Å². The van der Waals surface area contributed by atoms with Crippen LogP contribution in [0, 0.1) is 6.92 Å². The highest BCUT2D eigenvalue weighted by Crippen LogP contribution is 2.31. The lowest BCUT2D eigenvalue weighted by Gasteiger charge is -2.41. The van der Waals surface area contributed by atoms with Crippen molar-refractivity contribution in [1.82, 2.24) is 4.31 Å². The summed E-state index contributed by atoms with van der Waals surface area (Å²) in [5, 5.41) is 0. The summed E-state index contributed by atoms with van der Waals surface area (Å²) in [6.07, 6.45) is 0. The summed E-state index contributed by atoms with van der Waals surface area (Å²) in [6.45, 7) is 6.63. The Labute approximate surface area is 114 Å². The first-order valence-corrected chi connectivity index (χ1v) is 7.66. The monoisotopic (exact) mass is 284 g/mol. The van der Waals surface area contributed by atoms with Crippen LogP contribution in [0.25, 0.3) is 0 Å². The Balaban J connectivity index is 2.54. The predicted octanol–water partition coefficient (Wildman–Crippen LogP) is 1.38. The van der Waals surface area contributed by atoms with Crippen LogP contribution in [0.15, 0.2) is 23.1 Å². The predicted molar refractivity (Wildman–Crippen MR) is 74.4 cm³/mol. The molecule has 19 heavy (non-hydrogen) atoms. The van der Waals surface area contributed by atoms with Crippen molar-refractivity contribution < 1.29 is 13.2 Å². The number of nitrogens with two attached hydrogens (primary N) is 1. The molecule has 0 saturated carbocycles. The summed E-state index contributed by atoms with van der Waals surface area (Å²) in [5.41, 5.74) is 6.26. The topological polar surface area (TPSA) is 72.6 Å². The van der Waals surface area contributed by atoms with E-state index in [0.29, 0.717) is 31.0 Å². The van der Waals surface area contributed by atoms with Crippen LogP contribution in [0.5, 0.6) is 0 Å². The average molecular weight is 284 g/mol. The zero-order valence-electron chi connectivity index (χ0n) is 11.5. The molecule has 0 spiro atoms. The minimum Gasteiger partial charge on any atom is -0.398 e. The van der Waals surface area contributed by atoms with Gasteiger partial charge in [-0.3, -0.25) is 0 Å². The number of benzene rings is 1. The first-order chi connectivity index (χ1) is 8.77. The lowest BCUT2D eigenvalue weighted by Crippen LogP contribution is -2.55. The van der Waals surface area contributed by atoms with Gasteiger partial charge in [-0.1, -0.05) is 12.1 Å². The molecule has 0 atom stereocenters. The molecule has 1 aliphatic rings. The molecular formula is C13H20N2O3S. The maximum atomic E-state index is 12.8. The van der Waals surface area contributed by atoms with E-state index in [4.69, 9.17) is 10.5 Å². The van der Waals surface area contributed by atoms with Gasteiger partial charge in [-0.05, 0) is 32.4 Å². The quantitative estimate of drug-likeness (QED) is 0.833. The highest BCUT2D eigenvalue weighted by molar-refractivity contribution is 7.89. The lowest BCUT2D eigenvalue weighted by atomic mass is 10.1. The van der Waals surface area contributed by atoms with Crippen molar-refractivity contribution in [3.63, 3.8) is 0 Å². The van der Waals surface area contributed by atoms with Crippen LogP contribution in [-0.2, 0) is 14.8 Å². The number of hydrogen-bond donors (Lipinski definition) is 1. The van der Waals surface area contributed by atoms with Gasteiger partial charge in [0.1, 0.15) is 4.90 Å². The van der Waals surface area contributed by atoms with Crippen molar-refractivity contribution in [2.24, 2.45) is 0 Å². The van der Waals surface area contributed by atoms with Gasteiger partial charge in [-0.25, -0.2) is 8.42 Å². The molecule has 0 radical (unpaired) electrons. The fourth-order valence-corrected chi connectivity index (χ4v) is 4.51. The molecule has 1 heterocycles. The zero-order chi connectivity index (χ0) is 14.3. The molecule has 1 aromatic rings. The van der Waals surface area contributed by atoms with E-state index in [1.807, 2.05) is 13.8 Å². The van der Waals surface area contributed by atoms with E-state index in [9.17, 15) is 8.42 Å². The molecule has 5 nitrogen and oxygen atoms in total. The number of aryl methyl sites for hydroxylation is 1. The highest BCUT2D eigenvalue weighted by Gasteiger charge is 2.40. The maximum Gasteiger partial charge on any atom is 0.246 e. The minimum atomic E-state index is -3.60. The summed E-state index contributed by atoms with van der Waals surface area (Å²) in [5.74, 6) is 0. The van der Waals surface area contributed by atoms with Gasteiger partial charge in [-0.15, -0.1) is 0 Å². The van der Waals surface area contributed by atoms with E-state index < -0.39 is 15.6 Å². The van der Waals surface area contributed by atoms with Crippen molar-refractivity contribution in [3.05, 3.63) is 23.8 Å². The third-order valence-corrected chi connectivity index (χ3v) is 5.69. The van der Waals surface area contributed by atoms with Crippen LogP contribution in [-0.4, -0.2) is 38.0 Å². The van der Waals surface area contributed by atoms with Gasteiger partial charge in [0.25, 0.3) is 0 Å². The fraction of sp³-hybridized carbons (Fsp3) is 0.538. The molecule has 6 heteroatoms. The Morgan fingerprint density at radius 1 is 1.37 bits per heavy atom. The Morgan fingerprint density at radius 2 is 2.05 bits per heavy atom. The molecule has 0 unspecified atom stereocenters. The molecule has 1 saturated heterocycles. The molecule has 2 rings (SSSR count). The summed E-state index contributed by atoms with van der Waals surface area (Å²) >= 11 is 0. The van der Waals surface area contributed by atoms with Crippen LogP contribution < -0.4 is 5.73 Å². The maximum absolute atomic E-state index is 12.8. The van der Waals surface area contributed by atoms with Crippen molar-refractivity contribution in [1.29, 1.82) is 0 Å². The number of morpholine rings is 1. The summed E-state index contributed by atoms with van der Waals surface area (Å²) in [4.78, 5) is 0.213. The van der Waals surface area contributed by atoms with Crippen LogP contribution in [0.4, 0.5) is 5.69 Å². The second-order valence-electron chi connectivity index (χ2n) is 5.44. The normalized spacial score (nSPS) is 20.4. The Kier molecular flexibility index (Phi) is 3.59. The molecule has 0 aliphatic carbocycles. The summed E-state index contributed by atoms with van der Waals surface area (Å²) < 4.78 is 32.5. The van der Waals surface area contributed by atoms with Gasteiger partial charge < -0.3 is 10.5 Å². The summed E-state index contributed by atoms with van der Waals surface area (Å²) in [6, 6.07) is 5.14. The number of anilines is 1. The van der Waals surface area contributed by atoms with Gasteiger partial charge >= 0.3 is 0 Å². The van der Waals surface area contributed by atoms with Crippen LogP contribution in [0.2, 0.25) is 0 Å². The minimum absolute atomic E-state index is 0.213. The summed E-state index contributed by atoms with van der Waals surface area (Å²) in [7, 11) is -3.60. The molecule has 1 aromatic carbocycles. The van der Waals surface area contributed by atoms with E-state index in [-0.39, 0.29) is 4.90 Å². The molecule has 106 valence electrons. The third-order valence-electron chi connectivity index (χ3n) is 3.36. The molecule has 1 aliphatic heterocycles. The number of sulfonamides is 1. The fourth-order valence-electron chi connectivity index (χ4n) is 2.43. The highest BCUT2D eigenvalue weighted by atomic mass is 32.2. The van der Waals surface area contributed by atoms with Crippen LogP contribution in [0.1, 0.15) is 19.4 Å². The zero-order valence-corrected chi connectivity index (χ0v) is 12.3. The first-order valence-electron chi connectivity index (χ1n) is 6.22. The molecule has 0 bridgehead atoms. The Hall–Kier alpha value is -1.11. The van der Waals surface area contributed by atoms with Crippen molar-refractivity contribution >= 4 is 15.7 Å². The average Bonchev–Trinajstić information content (AvgIpc) is 2.27. The largest absolute Gasteiger partial charge is 0.398 e. The second kappa shape index (κ2) is 4.77. The van der Waals surface area contributed by atoms with E-state index in [1.54, 1.807) is 25.1 Å². The Bertz CT molecular complexity index is 561. The number of ether oxygens (including phenoxy) is 1. The van der Waals surface area contributed by atoms with Gasteiger partial charge in [0, 0.05) is 6.54 Å². The Morgan fingerprint density at radius 3 is 2.63 bits per heavy atom. The van der Waals surface area contributed by atoms with Gasteiger partial charge in [0.2, 0.25) is 10.0 Å². The number of nitrogens with zero attached hydrogens (tertiary/aromatic N) is 1. The van der Waals surface area contributed by atoms with E-state index in [0.717, 1.165) is 0 Å². The number of rotatable bonds is 2. The first kappa shape index (κ1) is 14.3. The molecule has 2 N–H and O–H groups in total. The van der Waals surface area contributed by atoms with E-state index >= 15 is 0 Å². The lowest BCUT2D eigenvalue weighted by molar-refractivity contribution is -0.00770. The van der Waals surface area contributed by atoms with E-state index in [1.165, 1.54) is 4.31 Å². The smallest absolute Gasteiger partial charge is 0.246 e. The molecule has 0 amide bonds. The SMILES string of the molecule is Cc1cccc(N)c1S(=O)(=O)N1CCOCC1(C)C. The molecule has 0 aromatic heterocycles. The second-order valence-corrected chi connectivity index (χ2v) is 7.23. The van der Waals surface area contributed by atoms with Crippen LogP contribution >= 0.6 is 0 Å². The van der Waals surface area contributed by atoms with Gasteiger partial charge in [-0.2, -0.15) is 4.31 Å². The van der Waals surface area contributed by atoms with E-state index in [2.05, 4.69) is 0 Å². The van der Waals surface area contributed by atoms with Gasteiger partial charge in [0.15, 0.2) is 0 Å². The number of hydrogen-bond acceptors (Lipinski definition) is 4. The molecular weight excluding hydrogens is 264 g/mol. The van der Waals surface area contributed by atoms with Crippen molar-refractivity contribution in [2.75, 3.05) is 25.5 Å².